The highest BCUT2D eigenvalue weighted by Crippen LogP contribution is 2.26. The maximum Gasteiger partial charge on any atom is 0.251 e. The third-order valence-corrected chi connectivity index (χ3v) is 5.17. The Morgan fingerprint density at radius 2 is 1.93 bits per heavy atom. The Morgan fingerprint density at radius 3 is 2.74 bits per heavy atom. The molecule has 0 aliphatic rings. The van der Waals surface area contributed by atoms with Gasteiger partial charge in [-0.2, -0.15) is 0 Å². The number of hydrogen-bond donors (Lipinski definition) is 2. The fourth-order valence-electron chi connectivity index (χ4n) is 2.95. The summed E-state index contributed by atoms with van der Waals surface area (Å²) in [5, 5.41) is 9.01. The maximum atomic E-state index is 12.4. The molecule has 3 aromatic rings. The summed E-state index contributed by atoms with van der Waals surface area (Å²) in [4.78, 5) is 26.3. The molecule has 27 heavy (non-hydrogen) atoms. The highest BCUT2D eigenvalue weighted by atomic mass is 32.1. The van der Waals surface area contributed by atoms with Crippen molar-refractivity contribution in [2.45, 2.75) is 13.5 Å². The minimum atomic E-state index is -0.143. The normalized spacial score (nSPS) is 10.9. The number of carbonyl (C=O) groups excluding carboxylic acids is 2. The van der Waals surface area contributed by atoms with Crippen LogP contribution >= 0.6 is 11.3 Å². The number of rotatable bonds is 7. The number of amides is 2. The molecule has 1 heterocycles. The van der Waals surface area contributed by atoms with Gasteiger partial charge in [-0.3, -0.25) is 14.5 Å². The van der Waals surface area contributed by atoms with E-state index in [0.717, 1.165) is 0 Å². The number of thiophene rings is 1. The summed E-state index contributed by atoms with van der Waals surface area (Å²) in [5.41, 5.74) is 2.38. The summed E-state index contributed by atoms with van der Waals surface area (Å²) < 4.78 is 1.26. The smallest absolute Gasteiger partial charge is 0.251 e. The van der Waals surface area contributed by atoms with E-state index in [4.69, 9.17) is 0 Å². The molecular weight excluding hydrogens is 358 g/mol. The zero-order valence-electron chi connectivity index (χ0n) is 15.5. The Labute approximate surface area is 163 Å². The predicted octanol–water partition coefficient (Wildman–Crippen LogP) is 3.72. The first-order chi connectivity index (χ1) is 13.1. The van der Waals surface area contributed by atoms with Crippen LogP contribution in [0.5, 0.6) is 0 Å². The van der Waals surface area contributed by atoms with Crippen LogP contribution in [0.25, 0.3) is 10.1 Å². The molecule has 0 fully saturated rings. The minimum Gasteiger partial charge on any atom is -0.352 e. The van der Waals surface area contributed by atoms with Crippen molar-refractivity contribution in [2.75, 3.05) is 25.5 Å². The van der Waals surface area contributed by atoms with Gasteiger partial charge in [0.15, 0.2) is 0 Å². The number of nitrogens with zero attached hydrogens (tertiary/aromatic N) is 1. The third kappa shape index (κ3) is 4.93. The molecule has 1 aromatic heterocycles. The van der Waals surface area contributed by atoms with Gasteiger partial charge in [-0.1, -0.05) is 24.3 Å². The number of benzene rings is 2. The number of carbonyl (C=O) groups is 2. The summed E-state index contributed by atoms with van der Waals surface area (Å²) >= 11 is 1.72. The Bertz CT molecular complexity index is 951. The zero-order chi connectivity index (χ0) is 19.2. The molecule has 140 valence electrons. The van der Waals surface area contributed by atoms with Crippen molar-refractivity contribution in [1.82, 2.24) is 10.2 Å². The first-order valence-electron chi connectivity index (χ1n) is 8.88. The lowest BCUT2D eigenvalue weighted by atomic mass is 10.1. The highest BCUT2D eigenvalue weighted by molar-refractivity contribution is 7.17. The molecule has 6 heteroatoms. The van der Waals surface area contributed by atoms with Gasteiger partial charge in [0.25, 0.3) is 5.91 Å². The van der Waals surface area contributed by atoms with E-state index in [0.29, 0.717) is 24.3 Å². The quantitative estimate of drug-likeness (QED) is 0.656. The summed E-state index contributed by atoms with van der Waals surface area (Å²) in [6, 6.07) is 15.3. The highest BCUT2D eigenvalue weighted by Gasteiger charge is 2.11. The van der Waals surface area contributed by atoms with Crippen LogP contribution < -0.4 is 10.6 Å². The second kappa shape index (κ2) is 8.79. The molecule has 2 aromatic carbocycles. The van der Waals surface area contributed by atoms with Gasteiger partial charge in [-0.05, 0) is 54.6 Å². The van der Waals surface area contributed by atoms with Crippen molar-refractivity contribution in [3.05, 3.63) is 65.0 Å². The van der Waals surface area contributed by atoms with Gasteiger partial charge in [-0.15, -0.1) is 11.3 Å². The van der Waals surface area contributed by atoms with Gasteiger partial charge < -0.3 is 10.6 Å². The monoisotopic (exact) mass is 381 g/mol. The van der Waals surface area contributed by atoms with Gasteiger partial charge in [0, 0.05) is 29.0 Å². The minimum absolute atomic E-state index is 0.106. The van der Waals surface area contributed by atoms with Gasteiger partial charge in [-0.25, -0.2) is 0 Å². The van der Waals surface area contributed by atoms with E-state index in [2.05, 4.69) is 28.1 Å². The van der Waals surface area contributed by atoms with Crippen LogP contribution in [0.1, 0.15) is 22.8 Å². The van der Waals surface area contributed by atoms with E-state index in [1.807, 2.05) is 31.0 Å². The van der Waals surface area contributed by atoms with Crippen molar-refractivity contribution in [1.29, 1.82) is 0 Å². The first-order valence-corrected chi connectivity index (χ1v) is 9.76. The number of fused-ring (bicyclic) bond motifs is 1. The number of likely N-dealkylation sites (N-methyl/N-ethyl adjacent to an activating group) is 1. The predicted molar refractivity (Wildman–Crippen MR) is 111 cm³/mol. The Morgan fingerprint density at radius 1 is 1.11 bits per heavy atom. The molecule has 0 aliphatic heterocycles. The maximum absolute atomic E-state index is 12.4. The van der Waals surface area contributed by atoms with Crippen LogP contribution in [0, 0.1) is 0 Å². The van der Waals surface area contributed by atoms with E-state index >= 15 is 0 Å². The van der Waals surface area contributed by atoms with Crippen molar-refractivity contribution >= 4 is 38.9 Å². The number of hydrogen-bond acceptors (Lipinski definition) is 4. The van der Waals surface area contributed by atoms with E-state index in [1.54, 1.807) is 35.6 Å². The average molecular weight is 382 g/mol. The van der Waals surface area contributed by atoms with Crippen LogP contribution in [0.4, 0.5) is 5.69 Å². The van der Waals surface area contributed by atoms with E-state index < -0.39 is 0 Å². The van der Waals surface area contributed by atoms with Crippen molar-refractivity contribution < 1.29 is 9.59 Å². The van der Waals surface area contributed by atoms with Crippen molar-refractivity contribution in [2.24, 2.45) is 0 Å². The van der Waals surface area contributed by atoms with Crippen LogP contribution in [-0.2, 0) is 11.3 Å². The zero-order valence-corrected chi connectivity index (χ0v) is 16.3. The van der Waals surface area contributed by atoms with E-state index in [1.165, 1.54) is 15.6 Å². The second-order valence-electron chi connectivity index (χ2n) is 6.42. The molecule has 0 unspecified atom stereocenters. The van der Waals surface area contributed by atoms with Crippen LogP contribution in [0.3, 0.4) is 0 Å². The molecule has 3 rings (SSSR count). The topological polar surface area (TPSA) is 61.4 Å². The molecule has 0 saturated heterocycles. The summed E-state index contributed by atoms with van der Waals surface area (Å²) in [5.74, 6) is -0.250. The van der Waals surface area contributed by atoms with E-state index in [-0.39, 0.29) is 18.4 Å². The molecule has 0 atom stereocenters. The largest absolute Gasteiger partial charge is 0.352 e. The standard InChI is InChI=1S/C21H23N3O2S/c1-3-22-21(26)15-7-6-8-17(11-15)23-20(25)13-24(2)12-16-14-27-19-10-5-4-9-18(16)19/h4-11,14H,3,12-13H2,1-2H3,(H,22,26)(H,23,25). The molecule has 5 nitrogen and oxygen atoms in total. The summed E-state index contributed by atoms with van der Waals surface area (Å²) in [7, 11) is 1.93. The van der Waals surface area contributed by atoms with Gasteiger partial charge in [0.05, 0.1) is 6.54 Å². The van der Waals surface area contributed by atoms with Crippen molar-refractivity contribution in [3.8, 4) is 0 Å². The molecule has 0 saturated carbocycles. The third-order valence-electron chi connectivity index (χ3n) is 4.16. The molecular formula is C21H23N3O2S. The average Bonchev–Trinajstić information content (AvgIpc) is 3.05. The van der Waals surface area contributed by atoms with Crippen LogP contribution in [-0.4, -0.2) is 36.9 Å². The Balaban J connectivity index is 1.59. The second-order valence-corrected chi connectivity index (χ2v) is 7.33. The van der Waals surface area contributed by atoms with Crippen molar-refractivity contribution in [3.63, 3.8) is 0 Å². The number of anilines is 1. The van der Waals surface area contributed by atoms with Gasteiger partial charge in [0.1, 0.15) is 0 Å². The lowest BCUT2D eigenvalue weighted by Crippen LogP contribution is -2.30. The Kier molecular flexibility index (Phi) is 6.21. The molecule has 0 bridgehead atoms. The fraction of sp³-hybridized carbons (Fsp3) is 0.238. The molecule has 0 spiro atoms. The summed E-state index contributed by atoms with van der Waals surface area (Å²) in [6.45, 7) is 3.42. The van der Waals surface area contributed by atoms with Crippen LogP contribution in [0.15, 0.2) is 53.9 Å². The Hall–Kier alpha value is -2.70. The fourth-order valence-corrected chi connectivity index (χ4v) is 3.90. The first kappa shape index (κ1) is 19.1. The number of nitrogens with one attached hydrogen (secondary N) is 2. The molecule has 0 radical (unpaired) electrons. The van der Waals surface area contributed by atoms with E-state index in [9.17, 15) is 9.59 Å². The van der Waals surface area contributed by atoms with Gasteiger partial charge in [0.2, 0.25) is 5.91 Å². The SMILES string of the molecule is CCNC(=O)c1cccc(NC(=O)CN(C)Cc2csc3ccccc23)c1. The van der Waals surface area contributed by atoms with Gasteiger partial charge >= 0.3 is 0 Å². The molecule has 2 N–H and O–H groups in total. The summed E-state index contributed by atoms with van der Waals surface area (Å²) in [6.07, 6.45) is 0. The lowest BCUT2D eigenvalue weighted by Gasteiger charge is -2.16. The van der Waals surface area contributed by atoms with Crippen LogP contribution in [0.2, 0.25) is 0 Å². The molecule has 0 aliphatic carbocycles. The molecule has 2 amide bonds. The lowest BCUT2D eigenvalue weighted by molar-refractivity contribution is -0.117.